The van der Waals surface area contributed by atoms with E-state index < -0.39 is 48.4 Å². The average molecular weight is 455 g/mol. The standard InChI is InChI=1S/C22H24F3NO6/c1-21(30)18(28)10-15(11-27)32-20(21)31-14-6-7-16(17(9-14)22(23,24)25)12-4-3-5-13(8-12)19(29)26-2/h3-9,15,18,20,27-28,30H,10-11H2,1-2H3,(H,26,29)/t15-,18-,20-,21-/m0/s1. The molecule has 4 N–H and O–H groups in total. The third-order valence-corrected chi connectivity index (χ3v) is 5.36. The van der Waals surface area contributed by atoms with E-state index in [0.717, 1.165) is 6.07 Å². The molecular formula is C22H24F3NO6. The Bertz CT molecular complexity index is 978. The number of amides is 1. The second-order valence-corrected chi connectivity index (χ2v) is 7.73. The number of rotatable bonds is 5. The Hall–Kier alpha value is -2.66. The number of halogens is 3. The van der Waals surface area contributed by atoms with E-state index in [9.17, 15) is 33.3 Å². The van der Waals surface area contributed by atoms with Crippen LogP contribution in [0.5, 0.6) is 5.75 Å². The molecule has 7 nitrogen and oxygen atoms in total. The minimum absolute atomic E-state index is 0.0578. The lowest BCUT2D eigenvalue weighted by Gasteiger charge is -2.43. The van der Waals surface area contributed by atoms with E-state index in [4.69, 9.17) is 9.47 Å². The Morgan fingerprint density at radius 1 is 1.28 bits per heavy atom. The van der Waals surface area contributed by atoms with Gasteiger partial charge in [0.25, 0.3) is 5.91 Å². The maximum Gasteiger partial charge on any atom is 0.417 e. The highest BCUT2D eigenvalue weighted by Gasteiger charge is 2.48. The van der Waals surface area contributed by atoms with Crippen molar-refractivity contribution in [2.45, 2.75) is 43.6 Å². The number of carbonyl (C=O) groups excluding carboxylic acids is 1. The number of hydrogen-bond donors (Lipinski definition) is 4. The maximum absolute atomic E-state index is 13.9. The van der Waals surface area contributed by atoms with Crippen molar-refractivity contribution < 1.29 is 42.8 Å². The first-order valence-electron chi connectivity index (χ1n) is 9.84. The topological polar surface area (TPSA) is 108 Å². The number of ether oxygens (including phenoxy) is 2. The van der Waals surface area contributed by atoms with Crippen molar-refractivity contribution in [1.82, 2.24) is 5.32 Å². The molecular weight excluding hydrogens is 431 g/mol. The second-order valence-electron chi connectivity index (χ2n) is 7.73. The summed E-state index contributed by atoms with van der Waals surface area (Å²) in [6, 6.07) is 8.99. The number of nitrogens with one attached hydrogen (secondary N) is 1. The van der Waals surface area contributed by atoms with Crippen molar-refractivity contribution in [2.24, 2.45) is 0 Å². The van der Waals surface area contributed by atoms with Gasteiger partial charge in [0.2, 0.25) is 6.29 Å². The van der Waals surface area contributed by atoms with Gasteiger partial charge < -0.3 is 30.1 Å². The fraction of sp³-hybridized carbons (Fsp3) is 0.409. The summed E-state index contributed by atoms with van der Waals surface area (Å²) >= 11 is 0. The van der Waals surface area contributed by atoms with Gasteiger partial charge in [0.1, 0.15) is 11.4 Å². The molecule has 1 amide bonds. The first-order valence-corrected chi connectivity index (χ1v) is 9.84. The van der Waals surface area contributed by atoms with Crippen LogP contribution < -0.4 is 10.1 Å². The summed E-state index contributed by atoms with van der Waals surface area (Å²) in [4.78, 5) is 11.9. The van der Waals surface area contributed by atoms with E-state index in [1.807, 2.05) is 0 Å². The quantitative estimate of drug-likeness (QED) is 0.551. The molecule has 0 saturated carbocycles. The number of hydrogen-bond acceptors (Lipinski definition) is 6. The van der Waals surface area contributed by atoms with Crippen LogP contribution in [-0.2, 0) is 10.9 Å². The lowest BCUT2D eigenvalue weighted by molar-refractivity contribution is -0.283. The molecule has 1 saturated heterocycles. The summed E-state index contributed by atoms with van der Waals surface area (Å²) in [7, 11) is 1.42. The van der Waals surface area contributed by atoms with Crippen LogP contribution >= 0.6 is 0 Å². The van der Waals surface area contributed by atoms with Gasteiger partial charge in [-0.1, -0.05) is 18.2 Å². The van der Waals surface area contributed by atoms with Gasteiger partial charge in [-0.15, -0.1) is 0 Å². The van der Waals surface area contributed by atoms with Gasteiger partial charge >= 0.3 is 6.18 Å². The van der Waals surface area contributed by atoms with Crippen LogP contribution in [0.1, 0.15) is 29.3 Å². The van der Waals surface area contributed by atoms with E-state index in [-0.39, 0.29) is 28.9 Å². The molecule has 32 heavy (non-hydrogen) atoms. The van der Waals surface area contributed by atoms with Gasteiger partial charge in [0.05, 0.1) is 24.4 Å². The van der Waals surface area contributed by atoms with Crippen LogP contribution in [0.25, 0.3) is 11.1 Å². The van der Waals surface area contributed by atoms with Crippen LogP contribution in [0.15, 0.2) is 42.5 Å². The van der Waals surface area contributed by atoms with Crippen LogP contribution in [0.4, 0.5) is 13.2 Å². The van der Waals surface area contributed by atoms with Gasteiger partial charge in [-0.05, 0) is 42.3 Å². The Morgan fingerprint density at radius 3 is 2.62 bits per heavy atom. The minimum atomic E-state index is -4.75. The summed E-state index contributed by atoms with van der Waals surface area (Å²) in [6.07, 6.45) is -8.47. The molecule has 0 spiro atoms. The Morgan fingerprint density at radius 2 is 2.00 bits per heavy atom. The minimum Gasteiger partial charge on any atom is -0.462 e. The Balaban J connectivity index is 1.98. The van der Waals surface area contributed by atoms with E-state index >= 15 is 0 Å². The van der Waals surface area contributed by atoms with Gasteiger partial charge in [-0.25, -0.2) is 0 Å². The van der Waals surface area contributed by atoms with Crippen molar-refractivity contribution >= 4 is 5.91 Å². The van der Waals surface area contributed by atoms with Gasteiger partial charge in [-0.3, -0.25) is 4.79 Å². The summed E-state index contributed by atoms with van der Waals surface area (Å²) < 4.78 is 52.5. The first-order chi connectivity index (χ1) is 15.0. The first kappa shape index (κ1) is 24.0. The molecule has 3 rings (SSSR count). The zero-order valence-corrected chi connectivity index (χ0v) is 17.4. The lowest BCUT2D eigenvalue weighted by Crippen LogP contribution is -2.60. The largest absolute Gasteiger partial charge is 0.462 e. The molecule has 2 aromatic carbocycles. The third kappa shape index (κ3) is 4.88. The molecule has 1 fully saturated rings. The molecule has 4 atom stereocenters. The summed E-state index contributed by atoms with van der Waals surface area (Å²) in [6.45, 7) is 0.778. The number of aliphatic hydroxyl groups excluding tert-OH is 2. The number of carbonyl (C=O) groups is 1. The van der Waals surface area contributed by atoms with Gasteiger partial charge in [-0.2, -0.15) is 13.2 Å². The summed E-state index contributed by atoms with van der Waals surface area (Å²) in [5.74, 6) is -0.686. The molecule has 1 aliphatic rings. The highest BCUT2D eigenvalue weighted by molar-refractivity contribution is 5.95. The van der Waals surface area contributed by atoms with Crippen LogP contribution in [-0.4, -0.2) is 59.0 Å². The highest BCUT2D eigenvalue weighted by atomic mass is 19.4. The van der Waals surface area contributed by atoms with E-state index in [2.05, 4.69) is 5.32 Å². The molecule has 0 unspecified atom stereocenters. The zero-order valence-electron chi connectivity index (χ0n) is 17.4. The van der Waals surface area contributed by atoms with Crippen molar-refractivity contribution in [2.75, 3.05) is 13.7 Å². The predicted octanol–water partition coefficient (Wildman–Crippen LogP) is 2.33. The van der Waals surface area contributed by atoms with Crippen molar-refractivity contribution in [1.29, 1.82) is 0 Å². The van der Waals surface area contributed by atoms with Crippen molar-refractivity contribution in [3.63, 3.8) is 0 Å². The SMILES string of the molecule is CNC(=O)c1cccc(-c2ccc(O[C@H]3O[C@H](CO)C[C@H](O)[C@]3(C)O)cc2C(F)(F)F)c1. The molecule has 0 aliphatic carbocycles. The van der Waals surface area contributed by atoms with Crippen molar-refractivity contribution in [3.8, 4) is 16.9 Å². The fourth-order valence-corrected chi connectivity index (χ4v) is 3.46. The van der Waals surface area contributed by atoms with Gasteiger partial charge in [0, 0.05) is 19.0 Å². The van der Waals surface area contributed by atoms with Crippen LogP contribution in [0.2, 0.25) is 0 Å². The van der Waals surface area contributed by atoms with E-state index in [1.165, 1.54) is 50.4 Å². The third-order valence-electron chi connectivity index (χ3n) is 5.36. The second kappa shape index (κ2) is 9.07. The molecule has 2 aromatic rings. The van der Waals surface area contributed by atoms with Crippen LogP contribution in [0, 0.1) is 0 Å². The van der Waals surface area contributed by atoms with Crippen LogP contribution in [0.3, 0.4) is 0 Å². The monoisotopic (exact) mass is 455 g/mol. The number of alkyl halides is 3. The normalized spacial score (nSPS) is 25.9. The molecule has 10 heteroatoms. The lowest BCUT2D eigenvalue weighted by atomic mass is 9.90. The highest BCUT2D eigenvalue weighted by Crippen LogP contribution is 2.40. The fourth-order valence-electron chi connectivity index (χ4n) is 3.46. The Kier molecular flexibility index (Phi) is 6.80. The molecule has 0 bridgehead atoms. The van der Waals surface area contributed by atoms with Gasteiger partial charge in [0.15, 0.2) is 0 Å². The smallest absolute Gasteiger partial charge is 0.417 e. The van der Waals surface area contributed by atoms with E-state index in [1.54, 1.807) is 0 Å². The summed E-state index contributed by atoms with van der Waals surface area (Å²) in [5, 5.41) is 32.4. The molecule has 1 aliphatic heterocycles. The number of benzene rings is 2. The van der Waals surface area contributed by atoms with Crippen molar-refractivity contribution in [3.05, 3.63) is 53.6 Å². The number of aliphatic hydroxyl groups is 3. The van der Waals surface area contributed by atoms with E-state index in [0.29, 0.717) is 0 Å². The summed E-state index contributed by atoms with van der Waals surface area (Å²) in [5.41, 5.74) is -2.71. The maximum atomic E-state index is 13.9. The molecule has 0 radical (unpaired) electrons. The average Bonchev–Trinajstić information content (AvgIpc) is 2.75. The zero-order chi connectivity index (χ0) is 23.7. The molecule has 0 aromatic heterocycles. The Labute approximate surface area is 182 Å². The molecule has 174 valence electrons. The predicted molar refractivity (Wildman–Crippen MR) is 108 cm³/mol. The molecule has 1 heterocycles.